The topological polar surface area (TPSA) is 89.6 Å². The lowest BCUT2D eigenvalue weighted by molar-refractivity contribution is -0.185. The van der Waals surface area contributed by atoms with Gasteiger partial charge in [0.2, 0.25) is 5.60 Å². The lowest BCUT2D eigenvalue weighted by Gasteiger charge is -2.45. The first-order valence-corrected chi connectivity index (χ1v) is 9.74. The van der Waals surface area contributed by atoms with Gasteiger partial charge in [-0.15, -0.1) is 11.8 Å². The Hall–Kier alpha value is -2.39. The Labute approximate surface area is 168 Å². The Morgan fingerprint density at radius 1 is 1.32 bits per heavy atom. The molecule has 146 valence electrons. The fraction of sp³-hybridized carbons (Fsp3) is 0.278. The number of aliphatic imine (C=N–C) groups is 1. The van der Waals surface area contributed by atoms with Crippen LogP contribution in [0, 0.1) is 0 Å². The molecule has 6 nitrogen and oxygen atoms in total. The van der Waals surface area contributed by atoms with Gasteiger partial charge in [-0.25, -0.2) is 9.98 Å². The Kier molecular flexibility index (Phi) is 4.67. The van der Waals surface area contributed by atoms with E-state index in [4.69, 9.17) is 22.1 Å². The van der Waals surface area contributed by atoms with Crippen LogP contribution in [0.15, 0.2) is 46.4 Å². The summed E-state index contributed by atoms with van der Waals surface area (Å²) in [7, 11) is 0. The van der Waals surface area contributed by atoms with Crippen LogP contribution in [0.4, 0.5) is 14.5 Å². The van der Waals surface area contributed by atoms with Crippen molar-refractivity contribution >= 4 is 41.0 Å². The number of anilines is 1. The number of nitrogens with two attached hydrogens (primary N) is 1. The number of carbonyl (C=O) groups excluding carboxylic acids is 1. The molecule has 1 amide bonds. The number of ether oxygens (including phenoxy) is 1. The summed E-state index contributed by atoms with van der Waals surface area (Å²) in [6.45, 7) is -0.742. The molecule has 4 rings (SSSR count). The number of fused-ring (bicyclic) bond motifs is 2. The smallest absolute Gasteiger partial charge is 0.310 e. The van der Waals surface area contributed by atoms with Gasteiger partial charge in [0, 0.05) is 34.5 Å². The van der Waals surface area contributed by atoms with E-state index in [1.807, 2.05) is 0 Å². The second kappa shape index (κ2) is 6.89. The van der Waals surface area contributed by atoms with Gasteiger partial charge < -0.3 is 15.8 Å². The second-order valence-electron chi connectivity index (χ2n) is 6.41. The number of thioether (sulfide) groups is 1. The highest BCUT2D eigenvalue weighted by molar-refractivity contribution is 7.99. The molecule has 0 fully saturated rings. The van der Waals surface area contributed by atoms with Gasteiger partial charge in [-0.3, -0.25) is 4.79 Å². The van der Waals surface area contributed by atoms with Crippen molar-refractivity contribution < 1.29 is 18.3 Å². The Morgan fingerprint density at radius 2 is 2.14 bits per heavy atom. The third-order valence-electron chi connectivity index (χ3n) is 4.65. The van der Waals surface area contributed by atoms with Crippen molar-refractivity contribution in [2.75, 3.05) is 17.6 Å². The number of nitrogens with one attached hydrogen (secondary N) is 1. The van der Waals surface area contributed by atoms with Crippen molar-refractivity contribution in [3.05, 3.63) is 52.8 Å². The maximum atomic E-state index is 14.9. The summed E-state index contributed by atoms with van der Waals surface area (Å²) in [4.78, 5) is 20.6. The van der Waals surface area contributed by atoms with Crippen molar-refractivity contribution in [2.24, 2.45) is 10.7 Å². The largest absolute Gasteiger partial charge is 0.447 e. The fourth-order valence-corrected chi connectivity index (χ4v) is 4.53. The Morgan fingerprint density at radius 3 is 2.89 bits per heavy atom. The number of amides is 1. The Balaban J connectivity index is 1.70. The average molecular weight is 425 g/mol. The summed E-state index contributed by atoms with van der Waals surface area (Å²) in [5, 5.41) is 3.08. The zero-order valence-corrected chi connectivity index (χ0v) is 16.0. The second-order valence-corrected chi connectivity index (χ2v) is 7.99. The highest BCUT2D eigenvalue weighted by Crippen LogP contribution is 2.53. The van der Waals surface area contributed by atoms with Crippen LogP contribution in [0.25, 0.3) is 0 Å². The molecule has 0 saturated carbocycles. The molecule has 0 unspecified atom stereocenters. The summed E-state index contributed by atoms with van der Waals surface area (Å²) in [5.74, 6) is -3.26. The van der Waals surface area contributed by atoms with Crippen molar-refractivity contribution in [3.8, 4) is 0 Å². The molecule has 2 aliphatic rings. The van der Waals surface area contributed by atoms with Gasteiger partial charge in [0.25, 0.3) is 11.9 Å². The molecule has 3 heterocycles. The summed E-state index contributed by atoms with van der Waals surface area (Å²) in [6.07, 6.45) is 1.43. The maximum absolute atomic E-state index is 14.9. The van der Waals surface area contributed by atoms with E-state index in [-0.39, 0.29) is 23.7 Å². The van der Waals surface area contributed by atoms with Crippen LogP contribution in [0.3, 0.4) is 0 Å². The summed E-state index contributed by atoms with van der Waals surface area (Å²) in [5.41, 5.74) is 4.51. The molecule has 0 radical (unpaired) electrons. The van der Waals surface area contributed by atoms with Crippen LogP contribution in [-0.4, -0.2) is 35.1 Å². The van der Waals surface area contributed by atoms with Gasteiger partial charge in [0.1, 0.15) is 12.2 Å². The maximum Gasteiger partial charge on any atom is 0.310 e. The monoisotopic (exact) mass is 424 g/mol. The number of amidine groups is 1. The molecule has 2 aliphatic heterocycles. The molecule has 1 spiro atoms. The third kappa shape index (κ3) is 3.18. The number of benzene rings is 1. The molecular formula is C18H15ClF2N4O2S. The molecule has 0 bridgehead atoms. The summed E-state index contributed by atoms with van der Waals surface area (Å²) >= 11 is 7.23. The number of rotatable bonds is 2. The number of nitrogens with zero attached hydrogens (tertiary/aromatic N) is 2. The first-order valence-electron chi connectivity index (χ1n) is 8.38. The van der Waals surface area contributed by atoms with Crippen LogP contribution in [0.5, 0.6) is 0 Å². The molecule has 0 saturated heterocycles. The predicted octanol–water partition coefficient (Wildman–Crippen LogP) is 3.66. The zero-order chi connectivity index (χ0) is 19.9. The molecule has 1 aromatic carbocycles. The lowest BCUT2D eigenvalue weighted by atomic mass is 9.83. The minimum Gasteiger partial charge on any atom is -0.447 e. The molecule has 1 atom stereocenters. The van der Waals surface area contributed by atoms with Gasteiger partial charge in [0.15, 0.2) is 0 Å². The summed E-state index contributed by atoms with van der Waals surface area (Å²) < 4.78 is 35.2. The van der Waals surface area contributed by atoms with E-state index in [1.54, 1.807) is 18.2 Å². The van der Waals surface area contributed by atoms with Gasteiger partial charge >= 0.3 is 5.92 Å². The van der Waals surface area contributed by atoms with E-state index in [2.05, 4.69) is 15.3 Å². The van der Waals surface area contributed by atoms with Gasteiger partial charge in [0.05, 0.1) is 5.02 Å². The number of carbonyl (C=O) groups is 1. The Bertz CT molecular complexity index is 971. The fourth-order valence-electron chi connectivity index (χ4n) is 3.27. The van der Waals surface area contributed by atoms with Gasteiger partial charge in [-0.1, -0.05) is 11.6 Å². The summed E-state index contributed by atoms with van der Waals surface area (Å²) in [6, 6.07) is 7.60. The van der Waals surface area contributed by atoms with Crippen molar-refractivity contribution in [1.29, 1.82) is 0 Å². The van der Waals surface area contributed by atoms with E-state index in [0.717, 1.165) is 0 Å². The number of hydrogen-bond acceptors (Lipinski definition) is 6. The van der Waals surface area contributed by atoms with Crippen LogP contribution in [0.2, 0.25) is 5.02 Å². The standard InChI is InChI=1S/C18H15ClF2N4O2S/c19-10-1-3-13(23-8-10)15(26)25-11-2-4-14-12(7-11)17(5-6-28-14)18(20,21)9-24-16(22)27-17/h1-4,7-8H,5-6,9H2,(H2,22,24)(H,25,26)/t17-/m1/s1. The molecule has 28 heavy (non-hydrogen) atoms. The van der Waals surface area contributed by atoms with Crippen LogP contribution in [0.1, 0.15) is 22.5 Å². The molecule has 2 aromatic rings. The number of hydrogen-bond donors (Lipinski definition) is 2. The van der Waals surface area contributed by atoms with Gasteiger partial charge in [-0.05, 0) is 30.3 Å². The molecule has 3 N–H and O–H groups in total. The average Bonchev–Trinajstić information content (AvgIpc) is 2.66. The van der Waals surface area contributed by atoms with Crippen molar-refractivity contribution in [2.45, 2.75) is 22.8 Å². The van der Waals surface area contributed by atoms with Crippen molar-refractivity contribution in [3.63, 3.8) is 0 Å². The number of alkyl halides is 2. The van der Waals surface area contributed by atoms with Crippen LogP contribution < -0.4 is 11.1 Å². The molecule has 1 aromatic heterocycles. The number of aromatic nitrogens is 1. The molecule has 0 aliphatic carbocycles. The van der Waals surface area contributed by atoms with E-state index in [1.165, 1.54) is 30.1 Å². The minimum atomic E-state index is -3.23. The van der Waals surface area contributed by atoms with Crippen LogP contribution in [-0.2, 0) is 10.3 Å². The highest BCUT2D eigenvalue weighted by Gasteiger charge is 2.61. The molecule has 10 heteroatoms. The van der Waals surface area contributed by atoms with E-state index >= 15 is 0 Å². The highest BCUT2D eigenvalue weighted by atomic mass is 35.5. The zero-order valence-electron chi connectivity index (χ0n) is 14.4. The SMILES string of the molecule is NC1=NCC(F)(F)[C@]2(CCSc3ccc(NC(=O)c4ccc(Cl)cn4)cc32)O1. The third-order valence-corrected chi connectivity index (χ3v) is 5.95. The predicted molar refractivity (Wildman–Crippen MR) is 103 cm³/mol. The number of pyridine rings is 1. The van der Waals surface area contributed by atoms with Gasteiger partial charge in [-0.2, -0.15) is 8.78 Å². The van der Waals surface area contributed by atoms with E-state index < -0.39 is 24.0 Å². The van der Waals surface area contributed by atoms with E-state index in [9.17, 15) is 13.6 Å². The number of halogens is 3. The lowest BCUT2D eigenvalue weighted by Crippen LogP contribution is -2.56. The quantitative estimate of drug-likeness (QED) is 0.768. The van der Waals surface area contributed by atoms with Crippen LogP contribution >= 0.6 is 23.4 Å². The molecular weight excluding hydrogens is 410 g/mol. The first kappa shape index (κ1) is 18.9. The normalized spacial score (nSPS) is 22.8. The van der Waals surface area contributed by atoms with Crippen molar-refractivity contribution in [1.82, 2.24) is 4.98 Å². The van der Waals surface area contributed by atoms with E-state index in [0.29, 0.717) is 21.4 Å². The minimum absolute atomic E-state index is 0.0734. The first-order chi connectivity index (χ1) is 13.3.